The van der Waals surface area contributed by atoms with Crippen LogP contribution in [0.5, 0.6) is 5.88 Å². The summed E-state index contributed by atoms with van der Waals surface area (Å²) in [5.74, 6) is 2.78. The number of carbonyl (C=O) groups is 1. The van der Waals surface area contributed by atoms with Crippen LogP contribution >= 0.6 is 11.8 Å². The Hall–Kier alpha value is -1.14. The summed E-state index contributed by atoms with van der Waals surface area (Å²) in [7, 11) is 1.54. The molecule has 3 heterocycles. The molecule has 0 radical (unpaired) electrons. The Kier molecular flexibility index (Phi) is 4.45. The minimum absolute atomic E-state index is 0.00135. The maximum Gasteiger partial charge on any atom is 0.216 e. The lowest BCUT2D eigenvalue weighted by molar-refractivity contribution is -0.0960. The maximum absolute atomic E-state index is 12.7. The first-order chi connectivity index (χ1) is 10.2. The summed E-state index contributed by atoms with van der Waals surface area (Å²) in [5, 5.41) is 0. The van der Waals surface area contributed by atoms with Crippen LogP contribution in [0.3, 0.4) is 0 Å². The van der Waals surface area contributed by atoms with Gasteiger partial charge in [-0.3, -0.25) is 4.79 Å². The van der Waals surface area contributed by atoms with Crippen LogP contribution in [-0.2, 0) is 4.74 Å². The third-order valence-electron chi connectivity index (χ3n) is 4.37. The molecule has 1 aromatic rings. The van der Waals surface area contributed by atoms with E-state index >= 15 is 0 Å². The molecule has 2 aliphatic heterocycles. The molecular weight excluding hydrogens is 288 g/mol. The Balaban J connectivity index is 1.74. The highest BCUT2D eigenvalue weighted by Gasteiger charge is 2.41. The predicted molar refractivity (Wildman–Crippen MR) is 80.9 cm³/mol. The zero-order chi connectivity index (χ0) is 14.7. The van der Waals surface area contributed by atoms with Gasteiger partial charge in [0.25, 0.3) is 0 Å². The summed E-state index contributed by atoms with van der Waals surface area (Å²) in [6, 6.07) is 1.63. The number of rotatable bonds is 3. The lowest BCUT2D eigenvalue weighted by Crippen LogP contribution is -2.44. The van der Waals surface area contributed by atoms with Gasteiger partial charge in [0.15, 0.2) is 5.78 Å². The van der Waals surface area contributed by atoms with E-state index in [1.807, 2.05) is 11.8 Å². The molecule has 0 bridgehead atoms. The van der Waals surface area contributed by atoms with E-state index in [1.165, 1.54) is 6.33 Å². The minimum atomic E-state index is -0.0824. The van der Waals surface area contributed by atoms with Crippen molar-refractivity contribution in [2.24, 2.45) is 5.92 Å². The van der Waals surface area contributed by atoms with Crippen molar-refractivity contribution < 1.29 is 14.3 Å². The molecule has 2 fully saturated rings. The number of carbonyl (C=O) groups excluding carboxylic acids is 1. The highest BCUT2D eigenvalue weighted by Crippen LogP contribution is 2.40. The SMILES string of the molecule is COc1cc(C(=O)C2CCOC3(CCSCC3)C2)ncn1. The first-order valence-corrected chi connectivity index (χ1v) is 8.50. The van der Waals surface area contributed by atoms with Gasteiger partial charge in [-0.2, -0.15) is 11.8 Å². The Morgan fingerprint density at radius 3 is 3.00 bits per heavy atom. The second-order valence-electron chi connectivity index (χ2n) is 5.64. The van der Waals surface area contributed by atoms with E-state index in [1.54, 1.807) is 13.2 Å². The lowest BCUT2D eigenvalue weighted by Gasteiger charge is -2.42. The van der Waals surface area contributed by atoms with E-state index in [0.717, 1.165) is 37.2 Å². The number of hydrogen-bond donors (Lipinski definition) is 0. The minimum Gasteiger partial charge on any atom is -0.481 e. The predicted octanol–water partition coefficient (Wildman–Crippen LogP) is 2.36. The zero-order valence-corrected chi connectivity index (χ0v) is 13.0. The molecule has 1 spiro atoms. The second-order valence-corrected chi connectivity index (χ2v) is 6.87. The van der Waals surface area contributed by atoms with Gasteiger partial charge in [0, 0.05) is 18.6 Å². The Bertz CT molecular complexity index is 512. The van der Waals surface area contributed by atoms with Crippen LogP contribution in [0.4, 0.5) is 0 Å². The van der Waals surface area contributed by atoms with Crippen molar-refractivity contribution in [1.29, 1.82) is 0 Å². The molecular formula is C15H20N2O3S. The van der Waals surface area contributed by atoms with Gasteiger partial charge < -0.3 is 9.47 Å². The van der Waals surface area contributed by atoms with Gasteiger partial charge >= 0.3 is 0 Å². The highest BCUT2D eigenvalue weighted by molar-refractivity contribution is 7.99. The summed E-state index contributed by atoms with van der Waals surface area (Å²) in [6.45, 7) is 0.670. The highest BCUT2D eigenvalue weighted by atomic mass is 32.2. The molecule has 3 rings (SSSR count). The number of aromatic nitrogens is 2. The molecule has 1 aromatic heterocycles. The van der Waals surface area contributed by atoms with E-state index in [4.69, 9.17) is 9.47 Å². The average molecular weight is 308 g/mol. The first-order valence-electron chi connectivity index (χ1n) is 7.34. The van der Waals surface area contributed by atoms with Gasteiger partial charge in [-0.05, 0) is 37.2 Å². The lowest BCUT2D eigenvalue weighted by atomic mass is 9.79. The van der Waals surface area contributed by atoms with E-state index in [2.05, 4.69) is 9.97 Å². The summed E-state index contributed by atoms with van der Waals surface area (Å²) in [5.41, 5.74) is 0.370. The fourth-order valence-electron chi connectivity index (χ4n) is 3.14. The van der Waals surface area contributed by atoms with Crippen LogP contribution < -0.4 is 4.74 Å². The number of thioether (sulfide) groups is 1. The summed E-state index contributed by atoms with van der Waals surface area (Å²) >= 11 is 1.97. The van der Waals surface area contributed by atoms with E-state index < -0.39 is 0 Å². The normalized spacial score (nSPS) is 24.7. The number of methoxy groups -OCH3 is 1. The van der Waals surface area contributed by atoms with E-state index in [9.17, 15) is 4.79 Å². The molecule has 21 heavy (non-hydrogen) atoms. The van der Waals surface area contributed by atoms with Crippen molar-refractivity contribution in [3.8, 4) is 5.88 Å². The van der Waals surface area contributed by atoms with Crippen molar-refractivity contribution in [3.63, 3.8) is 0 Å². The molecule has 0 amide bonds. The molecule has 1 unspecified atom stereocenters. The van der Waals surface area contributed by atoms with Gasteiger partial charge in [-0.1, -0.05) is 0 Å². The van der Waals surface area contributed by atoms with Crippen molar-refractivity contribution in [2.45, 2.75) is 31.3 Å². The molecule has 0 saturated carbocycles. The molecule has 5 nitrogen and oxygen atoms in total. The van der Waals surface area contributed by atoms with E-state index in [0.29, 0.717) is 18.2 Å². The summed E-state index contributed by atoms with van der Waals surface area (Å²) in [4.78, 5) is 20.8. The van der Waals surface area contributed by atoms with Crippen LogP contribution in [0.15, 0.2) is 12.4 Å². The topological polar surface area (TPSA) is 61.3 Å². The molecule has 1 atom stereocenters. The monoisotopic (exact) mass is 308 g/mol. The Morgan fingerprint density at radius 2 is 2.24 bits per heavy atom. The van der Waals surface area contributed by atoms with Crippen LogP contribution in [0.1, 0.15) is 36.2 Å². The molecule has 0 N–H and O–H groups in total. The number of nitrogens with zero attached hydrogens (tertiary/aromatic N) is 2. The molecule has 2 aliphatic rings. The van der Waals surface area contributed by atoms with Gasteiger partial charge in [-0.15, -0.1) is 0 Å². The van der Waals surface area contributed by atoms with Crippen LogP contribution in [0.25, 0.3) is 0 Å². The third-order valence-corrected chi connectivity index (χ3v) is 5.36. The van der Waals surface area contributed by atoms with Gasteiger partial charge in [0.2, 0.25) is 5.88 Å². The molecule has 6 heteroatoms. The second kappa shape index (κ2) is 6.32. The number of hydrogen-bond acceptors (Lipinski definition) is 6. The number of ether oxygens (including phenoxy) is 2. The van der Waals surface area contributed by atoms with Crippen LogP contribution in [0.2, 0.25) is 0 Å². The molecule has 2 saturated heterocycles. The van der Waals surface area contributed by atoms with Crippen molar-refractivity contribution in [2.75, 3.05) is 25.2 Å². The summed E-state index contributed by atoms with van der Waals surface area (Å²) in [6.07, 6.45) is 5.08. The standard InChI is InChI=1S/C15H20N2O3S/c1-19-13-8-12(16-10-17-13)14(18)11-2-5-20-15(9-11)3-6-21-7-4-15/h8,10-11H,2-7,9H2,1H3. The number of ketones is 1. The van der Waals surface area contributed by atoms with E-state index in [-0.39, 0.29) is 17.3 Å². The average Bonchev–Trinajstić information content (AvgIpc) is 2.55. The van der Waals surface area contributed by atoms with Crippen molar-refractivity contribution in [1.82, 2.24) is 9.97 Å². The molecule has 0 aliphatic carbocycles. The Morgan fingerprint density at radius 1 is 1.43 bits per heavy atom. The fraction of sp³-hybridized carbons (Fsp3) is 0.667. The molecule has 0 aromatic carbocycles. The largest absolute Gasteiger partial charge is 0.481 e. The zero-order valence-electron chi connectivity index (χ0n) is 12.2. The summed E-state index contributed by atoms with van der Waals surface area (Å²) < 4.78 is 11.1. The third kappa shape index (κ3) is 3.21. The Labute approximate surface area is 128 Å². The van der Waals surface area contributed by atoms with Gasteiger partial charge in [-0.25, -0.2) is 9.97 Å². The smallest absolute Gasteiger partial charge is 0.216 e. The van der Waals surface area contributed by atoms with Gasteiger partial charge in [0.05, 0.1) is 12.7 Å². The van der Waals surface area contributed by atoms with Crippen LogP contribution in [-0.4, -0.2) is 46.6 Å². The fourth-order valence-corrected chi connectivity index (χ4v) is 4.38. The van der Waals surface area contributed by atoms with Gasteiger partial charge in [0.1, 0.15) is 12.0 Å². The van der Waals surface area contributed by atoms with Crippen molar-refractivity contribution in [3.05, 3.63) is 18.1 Å². The van der Waals surface area contributed by atoms with Crippen molar-refractivity contribution >= 4 is 17.5 Å². The first kappa shape index (κ1) is 14.8. The number of Topliss-reactive ketones (excluding diaryl/α,β-unsaturated/α-hetero) is 1. The maximum atomic E-state index is 12.7. The quantitative estimate of drug-likeness (QED) is 0.799. The molecule has 114 valence electrons. The van der Waals surface area contributed by atoms with Crippen LogP contribution in [0, 0.1) is 5.92 Å².